The van der Waals surface area contributed by atoms with Crippen LogP contribution in [0, 0.1) is 0 Å². The molecule has 1 N–H and O–H groups in total. The highest BCUT2D eigenvalue weighted by molar-refractivity contribution is 7.13. The molecule has 1 aromatic rings. The van der Waals surface area contributed by atoms with Crippen LogP contribution in [0.3, 0.4) is 0 Å². The molecule has 11 heavy (non-hydrogen) atoms. The van der Waals surface area contributed by atoms with Gasteiger partial charge in [-0.3, -0.25) is 0 Å². The Balaban J connectivity index is 2.71. The van der Waals surface area contributed by atoms with Gasteiger partial charge in [0.1, 0.15) is 0 Å². The van der Waals surface area contributed by atoms with Gasteiger partial charge in [0.25, 0.3) is 0 Å². The lowest BCUT2D eigenvalue weighted by Gasteiger charge is -2.05. The highest BCUT2D eigenvalue weighted by Crippen LogP contribution is 2.28. The van der Waals surface area contributed by atoms with E-state index in [0.29, 0.717) is 6.04 Å². The number of ether oxygens (including phenoxy) is 1. The molecule has 0 aliphatic heterocycles. The summed E-state index contributed by atoms with van der Waals surface area (Å²) in [6, 6.07) is 4.50. The van der Waals surface area contributed by atoms with E-state index in [1.807, 2.05) is 13.1 Å². The van der Waals surface area contributed by atoms with E-state index in [1.54, 1.807) is 18.4 Å². The number of hydrogen-bond acceptors (Lipinski definition) is 3. The molecule has 3 heteroatoms. The van der Waals surface area contributed by atoms with Crippen molar-refractivity contribution >= 4 is 11.3 Å². The maximum absolute atomic E-state index is 5.08. The van der Waals surface area contributed by atoms with Gasteiger partial charge in [0.2, 0.25) is 0 Å². The molecule has 1 rings (SSSR count). The molecule has 2 nitrogen and oxygen atoms in total. The highest BCUT2D eigenvalue weighted by Gasteiger charge is 2.05. The maximum Gasteiger partial charge on any atom is 0.173 e. The minimum absolute atomic E-state index is 0.420. The van der Waals surface area contributed by atoms with Crippen molar-refractivity contribution in [3.8, 4) is 5.06 Å². The Morgan fingerprint density at radius 3 is 2.73 bits per heavy atom. The van der Waals surface area contributed by atoms with Crippen molar-refractivity contribution in [3.05, 3.63) is 17.0 Å². The minimum Gasteiger partial charge on any atom is -0.487 e. The van der Waals surface area contributed by atoms with Crippen molar-refractivity contribution in [1.29, 1.82) is 0 Å². The van der Waals surface area contributed by atoms with Crippen molar-refractivity contribution in [2.75, 3.05) is 14.2 Å². The predicted octanol–water partition coefficient (Wildman–Crippen LogP) is 2.04. The summed E-state index contributed by atoms with van der Waals surface area (Å²) in [5, 5.41) is 4.15. The summed E-state index contributed by atoms with van der Waals surface area (Å²) < 4.78 is 5.08. The fourth-order valence-electron chi connectivity index (χ4n) is 0.819. The van der Waals surface area contributed by atoms with Gasteiger partial charge < -0.3 is 10.1 Å². The smallest absolute Gasteiger partial charge is 0.173 e. The molecule has 62 valence electrons. The minimum atomic E-state index is 0.420. The van der Waals surface area contributed by atoms with Crippen LogP contribution in [0.25, 0.3) is 0 Å². The SMILES string of the molecule is CNC(C)c1ccc(OC)s1. The van der Waals surface area contributed by atoms with Gasteiger partial charge >= 0.3 is 0 Å². The van der Waals surface area contributed by atoms with Crippen LogP contribution in [0.4, 0.5) is 0 Å². The third-order valence-electron chi connectivity index (χ3n) is 1.66. The van der Waals surface area contributed by atoms with Crippen molar-refractivity contribution < 1.29 is 4.74 Å². The van der Waals surface area contributed by atoms with E-state index >= 15 is 0 Å². The Morgan fingerprint density at radius 2 is 2.27 bits per heavy atom. The largest absolute Gasteiger partial charge is 0.487 e. The average Bonchev–Trinajstić information content (AvgIpc) is 2.50. The molecule has 1 atom stereocenters. The number of thiophene rings is 1. The van der Waals surface area contributed by atoms with E-state index in [4.69, 9.17) is 4.74 Å². The zero-order valence-corrected chi connectivity index (χ0v) is 7.87. The molecule has 0 saturated heterocycles. The van der Waals surface area contributed by atoms with E-state index in [2.05, 4.69) is 18.3 Å². The summed E-state index contributed by atoms with van der Waals surface area (Å²) in [6.07, 6.45) is 0. The molecule has 0 radical (unpaired) electrons. The Morgan fingerprint density at radius 1 is 1.55 bits per heavy atom. The van der Waals surface area contributed by atoms with Crippen LogP contribution in [-0.2, 0) is 0 Å². The van der Waals surface area contributed by atoms with Gasteiger partial charge in [0.05, 0.1) is 7.11 Å². The van der Waals surface area contributed by atoms with Crippen molar-refractivity contribution in [1.82, 2.24) is 5.32 Å². The number of methoxy groups -OCH3 is 1. The average molecular weight is 171 g/mol. The Bertz CT molecular complexity index is 222. The topological polar surface area (TPSA) is 21.3 Å². The lowest BCUT2D eigenvalue weighted by Crippen LogP contribution is -2.10. The van der Waals surface area contributed by atoms with Crippen LogP contribution < -0.4 is 10.1 Å². The van der Waals surface area contributed by atoms with Gasteiger partial charge in [-0.25, -0.2) is 0 Å². The quantitative estimate of drug-likeness (QED) is 0.751. The molecule has 0 saturated carbocycles. The molecule has 1 heterocycles. The van der Waals surface area contributed by atoms with Crippen LogP contribution in [0.15, 0.2) is 12.1 Å². The van der Waals surface area contributed by atoms with Crippen LogP contribution in [0.1, 0.15) is 17.8 Å². The molecular weight excluding hydrogens is 158 g/mol. The summed E-state index contributed by atoms with van der Waals surface area (Å²) in [5.74, 6) is 0. The number of rotatable bonds is 3. The zero-order valence-electron chi connectivity index (χ0n) is 7.05. The first-order valence-corrected chi connectivity index (χ1v) is 4.40. The van der Waals surface area contributed by atoms with Crippen molar-refractivity contribution in [2.24, 2.45) is 0 Å². The molecule has 0 amide bonds. The molecule has 0 fully saturated rings. The van der Waals surface area contributed by atoms with Crippen LogP contribution >= 0.6 is 11.3 Å². The fourth-order valence-corrected chi connectivity index (χ4v) is 1.70. The summed E-state index contributed by atoms with van der Waals surface area (Å²) >= 11 is 1.68. The lowest BCUT2D eigenvalue weighted by molar-refractivity contribution is 0.427. The van der Waals surface area contributed by atoms with Crippen molar-refractivity contribution in [2.45, 2.75) is 13.0 Å². The van der Waals surface area contributed by atoms with Gasteiger partial charge in [-0.15, -0.1) is 11.3 Å². The van der Waals surface area contributed by atoms with E-state index < -0.39 is 0 Å². The molecule has 0 spiro atoms. The monoisotopic (exact) mass is 171 g/mol. The summed E-state index contributed by atoms with van der Waals surface area (Å²) in [6.45, 7) is 2.13. The van der Waals surface area contributed by atoms with Gasteiger partial charge in [-0.1, -0.05) is 0 Å². The summed E-state index contributed by atoms with van der Waals surface area (Å²) in [5.41, 5.74) is 0. The normalized spacial score (nSPS) is 13.0. The summed E-state index contributed by atoms with van der Waals surface area (Å²) in [7, 11) is 3.65. The fraction of sp³-hybridized carbons (Fsp3) is 0.500. The Kier molecular flexibility index (Phi) is 2.91. The summed E-state index contributed by atoms with van der Waals surface area (Å²) in [4.78, 5) is 1.31. The van der Waals surface area contributed by atoms with Gasteiger partial charge in [-0.05, 0) is 26.1 Å². The zero-order chi connectivity index (χ0) is 8.27. The van der Waals surface area contributed by atoms with Crippen LogP contribution in [0.2, 0.25) is 0 Å². The molecule has 1 aromatic heterocycles. The van der Waals surface area contributed by atoms with Crippen LogP contribution in [-0.4, -0.2) is 14.2 Å². The van der Waals surface area contributed by atoms with Gasteiger partial charge in [0, 0.05) is 10.9 Å². The number of hydrogen-bond donors (Lipinski definition) is 1. The Labute approximate surface area is 71.2 Å². The van der Waals surface area contributed by atoms with Gasteiger partial charge in [0.15, 0.2) is 5.06 Å². The van der Waals surface area contributed by atoms with Crippen LogP contribution in [0.5, 0.6) is 5.06 Å². The molecular formula is C8H13NOS. The standard InChI is InChI=1S/C8H13NOS/c1-6(9-2)7-4-5-8(10-3)11-7/h4-6,9H,1-3H3. The van der Waals surface area contributed by atoms with E-state index in [1.165, 1.54) is 4.88 Å². The Hall–Kier alpha value is -0.540. The second-order valence-electron chi connectivity index (χ2n) is 2.37. The lowest BCUT2D eigenvalue weighted by atomic mass is 10.3. The maximum atomic E-state index is 5.08. The number of nitrogens with one attached hydrogen (secondary N) is 1. The highest BCUT2D eigenvalue weighted by atomic mass is 32.1. The first kappa shape index (κ1) is 8.56. The van der Waals surface area contributed by atoms with E-state index in [0.717, 1.165) is 5.06 Å². The second kappa shape index (κ2) is 3.74. The molecule has 0 aliphatic rings. The molecule has 1 unspecified atom stereocenters. The third kappa shape index (κ3) is 1.94. The van der Waals surface area contributed by atoms with E-state index in [-0.39, 0.29) is 0 Å². The second-order valence-corrected chi connectivity index (χ2v) is 3.45. The first-order chi connectivity index (χ1) is 5.27. The van der Waals surface area contributed by atoms with Gasteiger partial charge in [-0.2, -0.15) is 0 Å². The molecule has 0 aromatic carbocycles. The van der Waals surface area contributed by atoms with Crippen molar-refractivity contribution in [3.63, 3.8) is 0 Å². The molecule has 0 aliphatic carbocycles. The predicted molar refractivity (Wildman–Crippen MR) is 48.3 cm³/mol. The van der Waals surface area contributed by atoms with E-state index in [9.17, 15) is 0 Å². The first-order valence-electron chi connectivity index (χ1n) is 3.59. The molecule has 0 bridgehead atoms. The third-order valence-corrected chi connectivity index (χ3v) is 2.89.